The number of hydrogen-bond donors (Lipinski definition) is 0. The fraction of sp³-hybridized carbons (Fsp3) is 0.200. The summed E-state index contributed by atoms with van der Waals surface area (Å²) in [7, 11) is 2.05. The molecule has 0 aliphatic heterocycles. The van der Waals surface area contributed by atoms with Gasteiger partial charge in [-0.05, 0) is 57.5 Å². The third-order valence-corrected chi connectivity index (χ3v) is 3.88. The maximum atomic E-state index is 4.85. The SMILES string of the molecule is Cc1ccc(CN(C)c2cc(I)cc3nonc23)cc1. The van der Waals surface area contributed by atoms with Gasteiger partial charge in [0.1, 0.15) is 5.52 Å². The lowest BCUT2D eigenvalue weighted by atomic mass is 10.1. The Labute approximate surface area is 130 Å². The van der Waals surface area contributed by atoms with Crippen molar-refractivity contribution in [2.24, 2.45) is 0 Å². The van der Waals surface area contributed by atoms with Gasteiger partial charge in [0.2, 0.25) is 0 Å². The molecule has 20 heavy (non-hydrogen) atoms. The molecular weight excluding hydrogens is 365 g/mol. The van der Waals surface area contributed by atoms with E-state index in [2.05, 4.69) is 82.1 Å². The number of fused-ring (bicyclic) bond motifs is 1. The zero-order valence-corrected chi connectivity index (χ0v) is 13.5. The van der Waals surface area contributed by atoms with Crippen molar-refractivity contribution in [2.75, 3.05) is 11.9 Å². The minimum Gasteiger partial charge on any atom is -0.368 e. The molecule has 4 nitrogen and oxygen atoms in total. The molecule has 0 spiro atoms. The minimum atomic E-state index is 0.794. The van der Waals surface area contributed by atoms with Gasteiger partial charge in [-0.15, -0.1) is 0 Å². The smallest absolute Gasteiger partial charge is 0.158 e. The van der Waals surface area contributed by atoms with E-state index in [0.29, 0.717) is 0 Å². The molecule has 0 amide bonds. The molecule has 0 saturated carbocycles. The van der Waals surface area contributed by atoms with Gasteiger partial charge in [0.25, 0.3) is 0 Å². The molecule has 102 valence electrons. The minimum absolute atomic E-state index is 0.794. The number of aromatic nitrogens is 2. The Hall–Kier alpha value is -1.63. The van der Waals surface area contributed by atoms with Gasteiger partial charge in [-0.2, -0.15) is 0 Å². The van der Waals surface area contributed by atoms with Crippen molar-refractivity contribution in [1.29, 1.82) is 0 Å². The van der Waals surface area contributed by atoms with Gasteiger partial charge in [-0.25, -0.2) is 4.63 Å². The van der Waals surface area contributed by atoms with E-state index < -0.39 is 0 Å². The van der Waals surface area contributed by atoms with Crippen LogP contribution in [0.3, 0.4) is 0 Å². The second-order valence-corrected chi connectivity index (χ2v) is 6.14. The lowest BCUT2D eigenvalue weighted by molar-refractivity contribution is 0.315. The van der Waals surface area contributed by atoms with Crippen molar-refractivity contribution in [3.8, 4) is 0 Å². The average molecular weight is 379 g/mol. The highest BCUT2D eigenvalue weighted by Gasteiger charge is 2.12. The first kappa shape index (κ1) is 13.4. The highest BCUT2D eigenvalue weighted by Crippen LogP contribution is 2.27. The second-order valence-electron chi connectivity index (χ2n) is 4.90. The van der Waals surface area contributed by atoms with Crippen LogP contribution in [-0.4, -0.2) is 17.4 Å². The van der Waals surface area contributed by atoms with Gasteiger partial charge < -0.3 is 4.90 Å². The Bertz CT molecular complexity index is 736. The van der Waals surface area contributed by atoms with E-state index in [1.165, 1.54) is 11.1 Å². The second kappa shape index (κ2) is 5.40. The number of benzene rings is 2. The largest absolute Gasteiger partial charge is 0.368 e. The van der Waals surface area contributed by atoms with E-state index in [4.69, 9.17) is 4.63 Å². The molecule has 1 aromatic heterocycles. The molecule has 0 fully saturated rings. The van der Waals surface area contributed by atoms with Crippen LogP contribution < -0.4 is 4.90 Å². The Morgan fingerprint density at radius 3 is 2.65 bits per heavy atom. The van der Waals surface area contributed by atoms with Crippen molar-refractivity contribution >= 4 is 39.3 Å². The normalized spacial score (nSPS) is 10.9. The Morgan fingerprint density at radius 1 is 1.15 bits per heavy atom. The van der Waals surface area contributed by atoms with E-state index in [0.717, 1.165) is 26.8 Å². The van der Waals surface area contributed by atoms with Crippen LogP contribution in [0.5, 0.6) is 0 Å². The Kier molecular flexibility index (Phi) is 3.60. The van der Waals surface area contributed by atoms with Gasteiger partial charge in [0.05, 0.1) is 5.69 Å². The summed E-state index contributed by atoms with van der Waals surface area (Å²) in [5, 5.41) is 7.93. The summed E-state index contributed by atoms with van der Waals surface area (Å²) in [5.41, 5.74) is 5.17. The molecule has 1 heterocycles. The van der Waals surface area contributed by atoms with Crippen LogP contribution in [0.4, 0.5) is 5.69 Å². The third-order valence-electron chi connectivity index (χ3n) is 3.26. The summed E-state index contributed by atoms with van der Waals surface area (Å²) in [6.07, 6.45) is 0. The monoisotopic (exact) mass is 379 g/mol. The van der Waals surface area contributed by atoms with Crippen LogP contribution in [0.2, 0.25) is 0 Å². The molecular formula is C15H14IN3O. The molecule has 0 saturated heterocycles. The highest BCUT2D eigenvalue weighted by atomic mass is 127. The Morgan fingerprint density at radius 2 is 1.90 bits per heavy atom. The van der Waals surface area contributed by atoms with Crippen LogP contribution >= 0.6 is 22.6 Å². The number of halogens is 1. The number of hydrogen-bond acceptors (Lipinski definition) is 4. The molecule has 0 atom stereocenters. The molecule has 0 aliphatic carbocycles. The molecule has 3 rings (SSSR count). The molecule has 5 heteroatoms. The van der Waals surface area contributed by atoms with E-state index in [9.17, 15) is 0 Å². The first-order chi connectivity index (χ1) is 9.63. The standard InChI is InChI=1S/C15H14IN3O/c1-10-3-5-11(6-4-10)9-19(2)14-8-12(16)7-13-15(14)18-20-17-13/h3-8H,9H2,1-2H3. The van der Waals surface area contributed by atoms with Gasteiger partial charge in [-0.3, -0.25) is 0 Å². The van der Waals surface area contributed by atoms with Crippen molar-refractivity contribution in [2.45, 2.75) is 13.5 Å². The lowest BCUT2D eigenvalue weighted by Gasteiger charge is -2.19. The summed E-state index contributed by atoms with van der Waals surface area (Å²) in [4.78, 5) is 2.17. The van der Waals surface area contributed by atoms with Crippen molar-refractivity contribution in [3.63, 3.8) is 0 Å². The fourth-order valence-corrected chi connectivity index (χ4v) is 2.77. The summed E-state index contributed by atoms with van der Waals surface area (Å²) < 4.78 is 5.97. The summed E-state index contributed by atoms with van der Waals surface area (Å²) in [6, 6.07) is 12.6. The number of rotatable bonds is 3. The molecule has 0 radical (unpaired) electrons. The maximum absolute atomic E-state index is 4.85. The summed E-state index contributed by atoms with van der Waals surface area (Å²) in [5.74, 6) is 0. The van der Waals surface area contributed by atoms with Crippen molar-refractivity contribution in [3.05, 3.63) is 51.1 Å². The fourth-order valence-electron chi connectivity index (χ4n) is 2.18. The van der Waals surface area contributed by atoms with Gasteiger partial charge in [0, 0.05) is 17.2 Å². The van der Waals surface area contributed by atoms with E-state index in [1.54, 1.807) is 0 Å². The van der Waals surface area contributed by atoms with Crippen molar-refractivity contribution < 1.29 is 4.63 Å². The van der Waals surface area contributed by atoms with Gasteiger partial charge in [-0.1, -0.05) is 29.8 Å². The number of anilines is 1. The van der Waals surface area contributed by atoms with Gasteiger partial charge >= 0.3 is 0 Å². The zero-order valence-electron chi connectivity index (χ0n) is 11.3. The maximum Gasteiger partial charge on any atom is 0.158 e. The van der Waals surface area contributed by atoms with Crippen LogP contribution in [0.15, 0.2) is 41.0 Å². The summed E-state index contributed by atoms with van der Waals surface area (Å²) >= 11 is 2.28. The van der Waals surface area contributed by atoms with Crippen LogP contribution in [0.25, 0.3) is 11.0 Å². The first-order valence-electron chi connectivity index (χ1n) is 6.32. The topological polar surface area (TPSA) is 42.2 Å². The molecule has 3 aromatic rings. The van der Waals surface area contributed by atoms with Crippen LogP contribution in [0, 0.1) is 10.5 Å². The summed E-state index contributed by atoms with van der Waals surface area (Å²) in [6.45, 7) is 2.92. The highest BCUT2D eigenvalue weighted by molar-refractivity contribution is 14.1. The number of aryl methyl sites for hydroxylation is 1. The van der Waals surface area contributed by atoms with Crippen LogP contribution in [0.1, 0.15) is 11.1 Å². The molecule has 0 bridgehead atoms. The van der Waals surface area contributed by atoms with Gasteiger partial charge in [0.15, 0.2) is 5.52 Å². The predicted octanol–water partition coefficient (Wildman–Crippen LogP) is 3.77. The van der Waals surface area contributed by atoms with Crippen molar-refractivity contribution in [1.82, 2.24) is 10.3 Å². The first-order valence-corrected chi connectivity index (χ1v) is 7.40. The number of nitrogens with zero attached hydrogens (tertiary/aromatic N) is 3. The molecule has 0 unspecified atom stereocenters. The van der Waals surface area contributed by atoms with Crippen LogP contribution in [-0.2, 0) is 6.54 Å². The average Bonchev–Trinajstić information content (AvgIpc) is 2.88. The van der Waals surface area contributed by atoms with E-state index in [1.807, 2.05) is 6.07 Å². The molecule has 0 N–H and O–H groups in total. The quantitative estimate of drug-likeness (QED) is 0.650. The lowest BCUT2D eigenvalue weighted by Crippen LogP contribution is -2.16. The zero-order chi connectivity index (χ0) is 14.1. The third kappa shape index (κ3) is 2.63. The molecule has 0 aliphatic rings. The Balaban J connectivity index is 1.93. The predicted molar refractivity (Wildman–Crippen MR) is 87.8 cm³/mol. The van der Waals surface area contributed by atoms with E-state index in [-0.39, 0.29) is 0 Å². The van der Waals surface area contributed by atoms with E-state index >= 15 is 0 Å². The molecule has 2 aromatic carbocycles.